The molecule has 6 rings (SSSR count). The highest BCUT2D eigenvalue weighted by Gasteiger charge is 2.44. The molecule has 0 aromatic heterocycles. The number of likely N-dealkylation sites (tertiary alicyclic amines) is 1. The Morgan fingerprint density at radius 1 is 1.08 bits per heavy atom. The number of carbonyl (C=O) groups is 2. The number of aliphatic hydroxyl groups is 1. The molecule has 7 nitrogen and oxygen atoms in total. The fraction of sp³-hybridized carbons (Fsp3) is 0.517. The molecule has 2 atom stereocenters. The maximum atomic E-state index is 13.3. The van der Waals surface area contributed by atoms with Crippen LogP contribution in [-0.2, 0) is 13.1 Å². The zero-order chi connectivity index (χ0) is 24.9. The fourth-order valence-corrected chi connectivity index (χ4v) is 6.77. The van der Waals surface area contributed by atoms with Gasteiger partial charge in [0.2, 0.25) is 0 Å². The zero-order valence-electron chi connectivity index (χ0n) is 21.1. The molecule has 3 heterocycles. The number of amides is 2. The van der Waals surface area contributed by atoms with Crippen LogP contribution in [0.3, 0.4) is 0 Å². The molecule has 0 radical (unpaired) electrons. The average Bonchev–Trinajstić information content (AvgIpc) is 3.44. The summed E-state index contributed by atoms with van der Waals surface area (Å²) in [5, 5.41) is 16.1. The molecule has 2 unspecified atom stereocenters. The Morgan fingerprint density at radius 2 is 1.89 bits per heavy atom. The first kappa shape index (κ1) is 23.6. The molecule has 2 aromatic rings. The largest absolute Gasteiger partial charge is 0.380 e. The molecule has 1 spiro atoms. The molecular weight excluding hydrogens is 452 g/mol. The lowest BCUT2D eigenvalue weighted by Gasteiger charge is -2.48. The number of rotatable bonds is 6. The van der Waals surface area contributed by atoms with Crippen LogP contribution in [0.25, 0.3) is 0 Å². The summed E-state index contributed by atoms with van der Waals surface area (Å²) >= 11 is 0. The zero-order valence-corrected chi connectivity index (χ0v) is 21.1. The minimum atomic E-state index is -0.571. The van der Waals surface area contributed by atoms with Gasteiger partial charge in [0.25, 0.3) is 11.8 Å². The van der Waals surface area contributed by atoms with Gasteiger partial charge in [-0.05, 0) is 66.8 Å². The normalized spacial score (nSPS) is 25.3. The molecule has 3 aliphatic heterocycles. The second-order valence-electron chi connectivity index (χ2n) is 11.3. The number of anilines is 1. The lowest BCUT2D eigenvalue weighted by atomic mass is 9.78. The molecule has 4 aliphatic rings. The van der Waals surface area contributed by atoms with E-state index < -0.39 is 6.23 Å². The third-order valence-electron chi connectivity index (χ3n) is 8.74. The number of hydrogen-bond acceptors (Lipinski definition) is 6. The van der Waals surface area contributed by atoms with Crippen molar-refractivity contribution < 1.29 is 14.7 Å². The number of nitrogens with one attached hydrogen (secondary N) is 2. The number of benzene rings is 2. The van der Waals surface area contributed by atoms with Crippen LogP contribution in [0, 0.1) is 12.3 Å². The molecule has 36 heavy (non-hydrogen) atoms. The Bertz CT molecular complexity index is 1170. The molecule has 3 fully saturated rings. The van der Waals surface area contributed by atoms with Crippen LogP contribution < -0.4 is 10.6 Å². The number of nitrogens with zero attached hydrogens (tertiary/aromatic N) is 2. The molecule has 0 bridgehead atoms. The quantitative estimate of drug-likeness (QED) is 0.539. The summed E-state index contributed by atoms with van der Waals surface area (Å²) in [6, 6.07) is 11.8. The van der Waals surface area contributed by atoms with E-state index in [-0.39, 0.29) is 17.9 Å². The van der Waals surface area contributed by atoms with Crippen LogP contribution in [0.1, 0.15) is 75.9 Å². The second-order valence-corrected chi connectivity index (χ2v) is 11.3. The molecule has 1 aliphatic carbocycles. The topological polar surface area (TPSA) is 84.9 Å². The highest BCUT2D eigenvalue weighted by Crippen LogP contribution is 2.45. The van der Waals surface area contributed by atoms with Gasteiger partial charge >= 0.3 is 0 Å². The predicted octanol–water partition coefficient (Wildman–Crippen LogP) is 3.65. The Kier molecular flexibility index (Phi) is 6.10. The Balaban J connectivity index is 1.11. The minimum absolute atomic E-state index is 0.237. The predicted molar refractivity (Wildman–Crippen MR) is 139 cm³/mol. The van der Waals surface area contributed by atoms with Gasteiger partial charge in [-0.3, -0.25) is 24.7 Å². The highest BCUT2D eigenvalue weighted by atomic mass is 16.3. The molecule has 2 aromatic carbocycles. The molecule has 2 amide bonds. The first-order chi connectivity index (χ1) is 17.4. The van der Waals surface area contributed by atoms with Crippen LogP contribution in [-0.4, -0.2) is 58.6 Å². The maximum Gasteiger partial charge on any atom is 0.263 e. The van der Waals surface area contributed by atoms with Crippen LogP contribution in [0.4, 0.5) is 5.69 Å². The van der Waals surface area contributed by atoms with Crippen molar-refractivity contribution in [3.8, 4) is 0 Å². The van der Waals surface area contributed by atoms with Crippen LogP contribution in [0.5, 0.6) is 0 Å². The lowest BCUT2D eigenvalue weighted by Crippen LogP contribution is -2.54. The molecule has 1 saturated carbocycles. The first-order valence-electron chi connectivity index (χ1n) is 13.4. The minimum Gasteiger partial charge on any atom is -0.380 e. The summed E-state index contributed by atoms with van der Waals surface area (Å²) in [6.45, 7) is 6.70. The number of imide groups is 1. The van der Waals surface area contributed by atoms with Gasteiger partial charge in [0, 0.05) is 38.4 Å². The van der Waals surface area contributed by atoms with E-state index in [0.717, 1.165) is 12.1 Å². The van der Waals surface area contributed by atoms with E-state index in [9.17, 15) is 14.7 Å². The Hall–Kier alpha value is -2.74. The third-order valence-corrected chi connectivity index (χ3v) is 8.74. The van der Waals surface area contributed by atoms with Gasteiger partial charge in [-0.1, -0.05) is 37.1 Å². The molecule has 3 N–H and O–H groups in total. The van der Waals surface area contributed by atoms with Gasteiger partial charge in [-0.2, -0.15) is 0 Å². The number of piperidine rings is 1. The molecule has 190 valence electrons. The van der Waals surface area contributed by atoms with E-state index in [1.165, 1.54) is 54.8 Å². The van der Waals surface area contributed by atoms with Crippen molar-refractivity contribution in [1.82, 2.24) is 15.1 Å². The van der Waals surface area contributed by atoms with Crippen molar-refractivity contribution in [2.45, 2.75) is 70.8 Å². The van der Waals surface area contributed by atoms with Gasteiger partial charge < -0.3 is 10.4 Å². The number of fused-ring (bicyclic) bond motifs is 1. The summed E-state index contributed by atoms with van der Waals surface area (Å²) in [5.74, 6) is -0.491. The Morgan fingerprint density at radius 3 is 2.61 bits per heavy atom. The monoisotopic (exact) mass is 488 g/mol. The van der Waals surface area contributed by atoms with Crippen molar-refractivity contribution in [1.29, 1.82) is 0 Å². The van der Waals surface area contributed by atoms with E-state index in [1.54, 1.807) is 6.07 Å². The van der Waals surface area contributed by atoms with Crippen molar-refractivity contribution in [2.75, 3.05) is 25.0 Å². The Labute approximate surface area is 212 Å². The van der Waals surface area contributed by atoms with E-state index in [4.69, 9.17) is 0 Å². The van der Waals surface area contributed by atoms with Crippen molar-refractivity contribution in [3.63, 3.8) is 0 Å². The first-order valence-corrected chi connectivity index (χ1v) is 13.4. The number of carbonyl (C=O) groups excluding carboxylic acids is 2. The molecule has 7 heteroatoms. The molecular formula is C29H36N4O3. The fourth-order valence-electron chi connectivity index (χ4n) is 6.77. The average molecular weight is 489 g/mol. The number of hydrogen-bond donors (Lipinski definition) is 3. The van der Waals surface area contributed by atoms with E-state index in [0.29, 0.717) is 48.2 Å². The summed E-state index contributed by atoms with van der Waals surface area (Å²) in [4.78, 5) is 30.4. The van der Waals surface area contributed by atoms with Crippen LogP contribution in [0.2, 0.25) is 0 Å². The van der Waals surface area contributed by atoms with Gasteiger partial charge in [0.15, 0.2) is 0 Å². The summed E-state index contributed by atoms with van der Waals surface area (Å²) < 4.78 is 0. The standard InChI is InChI=1S/C29H36N4O3/c1-19-13-20(7-8-21(19)16-32-17-29(18-32)11-2-3-12-29)14-30-24-6-4-5-23-26(24)28(36)33(27(23)35)22-9-10-25(34)31-15-22/h4-8,13,22,25,30-31,34H,2-3,9-12,14-18H2,1H3. The van der Waals surface area contributed by atoms with E-state index in [1.807, 2.05) is 12.1 Å². The molecule has 2 saturated heterocycles. The van der Waals surface area contributed by atoms with Crippen LogP contribution >= 0.6 is 0 Å². The summed E-state index contributed by atoms with van der Waals surface area (Å²) in [7, 11) is 0. The second kappa shape index (κ2) is 9.29. The summed E-state index contributed by atoms with van der Waals surface area (Å²) in [5.41, 5.74) is 6.07. The number of aliphatic hydroxyl groups excluding tert-OH is 1. The van der Waals surface area contributed by atoms with Gasteiger partial charge in [-0.15, -0.1) is 0 Å². The van der Waals surface area contributed by atoms with E-state index >= 15 is 0 Å². The number of aryl methyl sites for hydroxylation is 1. The van der Waals surface area contributed by atoms with E-state index in [2.05, 4.69) is 40.7 Å². The lowest BCUT2D eigenvalue weighted by molar-refractivity contribution is -0.000378. The van der Waals surface area contributed by atoms with Gasteiger partial charge in [0.05, 0.1) is 17.2 Å². The van der Waals surface area contributed by atoms with Gasteiger partial charge in [-0.25, -0.2) is 0 Å². The SMILES string of the molecule is Cc1cc(CNc2cccc3c2C(=O)N(C2CCC(O)NC2)C3=O)ccc1CN1CC2(CCCC2)C1. The highest BCUT2D eigenvalue weighted by molar-refractivity contribution is 6.24. The summed E-state index contributed by atoms with van der Waals surface area (Å²) in [6.07, 6.45) is 6.17. The third kappa shape index (κ3) is 4.23. The maximum absolute atomic E-state index is 13.3. The van der Waals surface area contributed by atoms with Gasteiger partial charge in [0.1, 0.15) is 6.23 Å². The van der Waals surface area contributed by atoms with Crippen molar-refractivity contribution in [3.05, 3.63) is 64.2 Å². The van der Waals surface area contributed by atoms with Crippen molar-refractivity contribution >= 4 is 17.5 Å². The van der Waals surface area contributed by atoms with Crippen molar-refractivity contribution in [2.24, 2.45) is 5.41 Å². The smallest absolute Gasteiger partial charge is 0.263 e. The van der Waals surface area contributed by atoms with Crippen LogP contribution in [0.15, 0.2) is 36.4 Å².